The molecule has 0 atom stereocenters. The van der Waals surface area contributed by atoms with Gasteiger partial charge in [0.1, 0.15) is 5.52 Å². The van der Waals surface area contributed by atoms with Gasteiger partial charge in [-0.25, -0.2) is 0 Å². The van der Waals surface area contributed by atoms with Gasteiger partial charge in [-0.3, -0.25) is 4.79 Å². The number of benzene rings is 1. The van der Waals surface area contributed by atoms with E-state index in [2.05, 4.69) is 4.98 Å². The Bertz CT molecular complexity index is 500. The Morgan fingerprint density at radius 1 is 1.31 bits per heavy atom. The van der Waals surface area contributed by atoms with E-state index >= 15 is 0 Å². The van der Waals surface area contributed by atoms with Crippen LogP contribution in [0.3, 0.4) is 0 Å². The number of fused-ring (bicyclic) bond motifs is 1. The summed E-state index contributed by atoms with van der Waals surface area (Å²) in [6.45, 7) is 1.27. The number of ketones is 1. The molecule has 82 valence electrons. The highest BCUT2D eigenvalue weighted by atomic mass is 16.4. The molecule has 1 aromatic heterocycles. The standard InChI is InChI=1S/C12H12N2O2/c15-9-4-3-7-14(8-9)12-13-10-5-1-2-6-11(10)16-12/h1-2,5-6H,3-4,7-8H2. The topological polar surface area (TPSA) is 46.3 Å². The Morgan fingerprint density at radius 3 is 3.00 bits per heavy atom. The minimum absolute atomic E-state index is 0.258. The second kappa shape index (κ2) is 3.63. The van der Waals surface area contributed by atoms with Crippen LogP contribution in [-0.4, -0.2) is 23.9 Å². The third-order valence-electron chi connectivity index (χ3n) is 2.80. The zero-order valence-electron chi connectivity index (χ0n) is 8.85. The van der Waals surface area contributed by atoms with Crippen molar-refractivity contribution in [2.45, 2.75) is 12.8 Å². The van der Waals surface area contributed by atoms with Gasteiger partial charge in [0, 0.05) is 13.0 Å². The molecule has 0 aliphatic carbocycles. The van der Waals surface area contributed by atoms with Crippen molar-refractivity contribution in [1.82, 2.24) is 4.98 Å². The van der Waals surface area contributed by atoms with Crippen LogP contribution >= 0.6 is 0 Å². The van der Waals surface area contributed by atoms with E-state index in [1.807, 2.05) is 29.2 Å². The quantitative estimate of drug-likeness (QED) is 0.731. The number of para-hydroxylation sites is 2. The molecule has 0 bridgehead atoms. The van der Waals surface area contributed by atoms with E-state index in [4.69, 9.17) is 4.42 Å². The zero-order chi connectivity index (χ0) is 11.0. The molecule has 1 aliphatic rings. The van der Waals surface area contributed by atoms with Crippen molar-refractivity contribution in [3.63, 3.8) is 0 Å². The first kappa shape index (κ1) is 9.39. The first-order valence-corrected chi connectivity index (χ1v) is 5.45. The van der Waals surface area contributed by atoms with Crippen molar-refractivity contribution in [2.75, 3.05) is 18.0 Å². The number of oxazole rings is 1. The fourth-order valence-electron chi connectivity index (χ4n) is 2.00. The van der Waals surface area contributed by atoms with Crippen LogP contribution in [0, 0.1) is 0 Å². The Hall–Kier alpha value is -1.84. The number of rotatable bonds is 1. The van der Waals surface area contributed by atoms with Crippen LogP contribution in [0.2, 0.25) is 0 Å². The molecule has 0 spiro atoms. The van der Waals surface area contributed by atoms with E-state index < -0.39 is 0 Å². The molecule has 2 heterocycles. The monoisotopic (exact) mass is 216 g/mol. The van der Waals surface area contributed by atoms with Crippen LogP contribution in [0.15, 0.2) is 28.7 Å². The number of hydrogen-bond donors (Lipinski definition) is 0. The maximum absolute atomic E-state index is 11.4. The van der Waals surface area contributed by atoms with E-state index in [0.29, 0.717) is 19.0 Å². The number of anilines is 1. The summed E-state index contributed by atoms with van der Waals surface area (Å²) in [4.78, 5) is 17.6. The predicted octanol–water partition coefficient (Wildman–Crippen LogP) is 2.00. The number of nitrogens with zero attached hydrogens (tertiary/aromatic N) is 2. The van der Waals surface area contributed by atoms with E-state index in [1.54, 1.807) is 0 Å². The van der Waals surface area contributed by atoms with Gasteiger partial charge < -0.3 is 9.32 Å². The van der Waals surface area contributed by atoms with Crippen LogP contribution in [0.1, 0.15) is 12.8 Å². The second-order valence-corrected chi connectivity index (χ2v) is 4.03. The molecule has 0 radical (unpaired) electrons. The molecule has 1 fully saturated rings. The molecule has 1 saturated heterocycles. The van der Waals surface area contributed by atoms with Crippen molar-refractivity contribution in [3.8, 4) is 0 Å². The van der Waals surface area contributed by atoms with Gasteiger partial charge in [0.2, 0.25) is 0 Å². The molecule has 4 heteroatoms. The summed E-state index contributed by atoms with van der Waals surface area (Å²) in [6.07, 6.45) is 1.56. The summed E-state index contributed by atoms with van der Waals surface area (Å²) in [5.41, 5.74) is 1.62. The lowest BCUT2D eigenvalue weighted by molar-refractivity contribution is -0.118. The van der Waals surface area contributed by atoms with Crippen LogP contribution in [0.25, 0.3) is 11.1 Å². The normalized spacial score (nSPS) is 17.0. The third kappa shape index (κ3) is 1.56. The van der Waals surface area contributed by atoms with Crippen molar-refractivity contribution < 1.29 is 9.21 Å². The fourth-order valence-corrected chi connectivity index (χ4v) is 2.00. The average molecular weight is 216 g/mol. The highest BCUT2D eigenvalue weighted by Gasteiger charge is 2.20. The average Bonchev–Trinajstić information content (AvgIpc) is 2.72. The Kier molecular flexibility index (Phi) is 2.13. The summed E-state index contributed by atoms with van der Waals surface area (Å²) in [5.74, 6) is 0.258. The molecule has 0 unspecified atom stereocenters. The van der Waals surface area contributed by atoms with Crippen molar-refractivity contribution in [3.05, 3.63) is 24.3 Å². The molecule has 2 aromatic rings. The number of aromatic nitrogens is 1. The summed E-state index contributed by atoms with van der Waals surface area (Å²) >= 11 is 0. The van der Waals surface area contributed by atoms with Crippen LogP contribution in [0.4, 0.5) is 6.01 Å². The van der Waals surface area contributed by atoms with Crippen molar-refractivity contribution >= 4 is 22.9 Å². The Morgan fingerprint density at radius 2 is 2.19 bits per heavy atom. The predicted molar refractivity (Wildman–Crippen MR) is 60.5 cm³/mol. The molecule has 0 amide bonds. The molecule has 3 rings (SSSR count). The molecule has 0 saturated carbocycles. The highest BCUT2D eigenvalue weighted by Crippen LogP contribution is 2.23. The minimum atomic E-state index is 0.258. The van der Waals surface area contributed by atoms with Gasteiger partial charge in [-0.2, -0.15) is 4.98 Å². The number of Topliss-reactive ketones (excluding diaryl/α,β-unsaturated/α-hetero) is 1. The molecular weight excluding hydrogens is 204 g/mol. The van der Waals surface area contributed by atoms with Crippen LogP contribution in [-0.2, 0) is 4.79 Å². The van der Waals surface area contributed by atoms with Crippen molar-refractivity contribution in [2.24, 2.45) is 0 Å². The third-order valence-corrected chi connectivity index (χ3v) is 2.80. The second-order valence-electron chi connectivity index (χ2n) is 4.03. The lowest BCUT2D eigenvalue weighted by Gasteiger charge is -2.23. The molecule has 0 N–H and O–H groups in total. The first-order chi connectivity index (χ1) is 7.83. The Labute approximate surface area is 92.9 Å². The largest absolute Gasteiger partial charge is 0.423 e. The zero-order valence-corrected chi connectivity index (χ0v) is 8.85. The van der Waals surface area contributed by atoms with Gasteiger partial charge >= 0.3 is 0 Å². The maximum Gasteiger partial charge on any atom is 0.298 e. The Balaban J connectivity index is 1.96. The number of carbonyl (C=O) groups excluding carboxylic acids is 1. The lowest BCUT2D eigenvalue weighted by atomic mass is 10.1. The molecular formula is C12H12N2O2. The molecule has 1 aliphatic heterocycles. The summed E-state index contributed by atoms with van der Waals surface area (Å²) < 4.78 is 5.62. The number of hydrogen-bond acceptors (Lipinski definition) is 4. The van der Waals surface area contributed by atoms with E-state index in [1.165, 1.54) is 0 Å². The van der Waals surface area contributed by atoms with Crippen LogP contribution < -0.4 is 4.90 Å². The van der Waals surface area contributed by atoms with Gasteiger partial charge in [-0.1, -0.05) is 12.1 Å². The number of carbonyl (C=O) groups is 1. The van der Waals surface area contributed by atoms with Gasteiger partial charge in [0.05, 0.1) is 6.54 Å². The van der Waals surface area contributed by atoms with E-state index in [0.717, 1.165) is 24.1 Å². The number of piperidine rings is 1. The summed E-state index contributed by atoms with van der Waals surface area (Å²) in [7, 11) is 0. The molecule has 4 nitrogen and oxygen atoms in total. The highest BCUT2D eigenvalue weighted by molar-refractivity contribution is 5.84. The lowest BCUT2D eigenvalue weighted by Crippen LogP contribution is -2.35. The van der Waals surface area contributed by atoms with E-state index in [-0.39, 0.29) is 5.78 Å². The van der Waals surface area contributed by atoms with Crippen LogP contribution in [0.5, 0.6) is 0 Å². The summed E-state index contributed by atoms with van der Waals surface area (Å²) in [6, 6.07) is 8.20. The van der Waals surface area contributed by atoms with Crippen molar-refractivity contribution in [1.29, 1.82) is 0 Å². The summed E-state index contributed by atoms with van der Waals surface area (Å²) in [5, 5.41) is 0. The first-order valence-electron chi connectivity index (χ1n) is 5.45. The maximum atomic E-state index is 11.4. The minimum Gasteiger partial charge on any atom is -0.423 e. The fraction of sp³-hybridized carbons (Fsp3) is 0.333. The van der Waals surface area contributed by atoms with Gasteiger partial charge in [-0.15, -0.1) is 0 Å². The molecule has 16 heavy (non-hydrogen) atoms. The van der Waals surface area contributed by atoms with Gasteiger partial charge in [0.25, 0.3) is 6.01 Å². The van der Waals surface area contributed by atoms with Gasteiger partial charge in [0.15, 0.2) is 11.4 Å². The smallest absolute Gasteiger partial charge is 0.298 e. The SMILES string of the molecule is O=C1CCCN(c2nc3ccccc3o2)C1. The van der Waals surface area contributed by atoms with E-state index in [9.17, 15) is 4.79 Å². The molecule has 1 aromatic carbocycles. The van der Waals surface area contributed by atoms with Gasteiger partial charge in [-0.05, 0) is 18.6 Å².